The van der Waals surface area contributed by atoms with E-state index in [1.165, 1.54) is 24.6 Å². The molecule has 5 nitrogen and oxygen atoms in total. The number of non-ortho nitro benzene ring substituents is 1. The van der Waals surface area contributed by atoms with Crippen LogP contribution >= 0.6 is 11.6 Å². The molecule has 0 bridgehead atoms. The summed E-state index contributed by atoms with van der Waals surface area (Å²) in [5, 5.41) is 10.9. The lowest BCUT2D eigenvalue weighted by molar-refractivity contribution is -0.384. The van der Waals surface area contributed by atoms with Crippen molar-refractivity contribution in [1.82, 2.24) is 4.90 Å². The van der Waals surface area contributed by atoms with Crippen LogP contribution in [0.4, 0.5) is 5.69 Å². The second-order valence-corrected chi connectivity index (χ2v) is 5.71. The lowest BCUT2D eigenvalue weighted by Crippen LogP contribution is -2.41. The van der Waals surface area contributed by atoms with Crippen LogP contribution in [0.5, 0.6) is 0 Å². The van der Waals surface area contributed by atoms with Gasteiger partial charge in [-0.2, -0.15) is 0 Å². The number of carbonyl (C=O) groups is 1. The van der Waals surface area contributed by atoms with E-state index in [0.29, 0.717) is 12.1 Å². The molecule has 1 amide bonds. The quantitative estimate of drug-likeness (QED) is 0.622. The van der Waals surface area contributed by atoms with Gasteiger partial charge in [0.2, 0.25) is 0 Å². The minimum atomic E-state index is -0.515. The number of hydrogen-bond acceptors (Lipinski definition) is 3. The van der Waals surface area contributed by atoms with E-state index in [0.717, 1.165) is 25.7 Å². The van der Waals surface area contributed by atoms with Crippen molar-refractivity contribution in [2.24, 2.45) is 0 Å². The summed E-state index contributed by atoms with van der Waals surface area (Å²) < 4.78 is 0. The van der Waals surface area contributed by atoms with E-state index in [-0.39, 0.29) is 22.7 Å². The zero-order valence-electron chi connectivity index (χ0n) is 12.0. The molecule has 0 aromatic heterocycles. The molecule has 1 aromatic rings. The maximum Gasteiger partial charge on any atom is 0.270 e. The first-order chi connectivity index (χ1) is 10.0. The van der Waals surface area contributed by atoms with E-state index in [9.17, 15) is 14.9 Å². The molecular formula is C15H19ClN2O3. The highest BCUT2D eigenvalue weighted by molar-refractivity contribution is 6.34. The maximum atomic E-state index is 12.6. The molecule has 114 valence electrons. The Labute approximate surface area is 129 Å². The van der Waals surface area contributed by atoms with Gasteiger partial charge in [-0.25, -0.2) is 0 Å². The number of carbonyl (C=O) groups excluding carboxylic acids is 1. The van der Waals surface area contributed by atoms with Crippen LogP contribution in [0.15, 0.2) is 18.2 Å². The van der Waals surface area contributed by atoms with Crippen LogP contribution in [-0.4, -0.2) is 28.3 Å². The third-order valence-electron chi connectivity index (χ3n) is 4.01. The lowest BCUT2D eigenvalue weighted by atomic mass is 9.93. The molecule has 0 atom stereocenters. The van der Waals surface area contributed by atoms with E-state index >= 15 is 0 Å². The summed E-state index contributed by atoms with van der Waals surface area (Å²) in [5.41, 5.74) is 0.243. The van der Waals surface area contributed by atoms with Crippen LogP contribution in [0.2, 0.25) is 5.02 Å². The summed E-state index contributed by atoms with van der Waals surface area (Å²) >= 11 is 6.06. The van der Waals surface area contributed by atoms with Gasteiger partial charge in [0.25, 0.3) is 11.6 Å². The zero-order chi connectivity index (χ0) is 15.4. The predicted molar refractivity (Wildman–Crippen MR) is 81.7 cm³/mol. The predicted octanol–water partition coefficient (Wildman–Crippen LogP) is 4.04. The van der Waals surface area contributed by atoms with Crippen LogP contribution in [0, 0.1) is 10.1 Å². The Balaban J connectivity index is 2.22. The Hall–Kier alpha value is -1.62. The van der Waals surface area contributed by atoms with E-state index in [1.807, 2.05) is 11.8 Å². The van der Waals surface area contributed by atoms with Crippen LogP contribution in [0.1, 0.15) is 49.4 Å². The number of halogens is 1. The van der Waals surface area contributed by atoms with Gasteiger partial charge in [0.15, 0.2) is 0 Å². The van der Waals surface area contributed by atoms with Crippen LogP contribution in [0.25, 0.3) is 0 Å². The first-order valence-electron chi connectivity index (χ1n) is 7.29. The maximum absolute atomic E-state index is 12.6. The molecular weight excluding hydrogens is 292 g/mol. The summed E-state index contributed by atoms with van der Waals surface area (Å²) in [7, 11) is 0. The molecule has 2 rings (SSSR count). The second kappa shape index (κ2) is 6.89. The summed E-state index contributed by atoms with van der Waals surface area (Å²) in [5.74, 6) is -0.135. The molecule has 0 saturated heterocycles. The normalized spacial score (nSPS) is 15.7. The molecule has 0 heterocycles. The molecule has 0 spiro atoms. The smallest absolute Gasteiger partial charge is 0.270 e. The molecule has 0 aliphatic heterocycles. The molecule has 0 unspecified atom stereocenters. The zero-order valence-corrected chi connectivity index (χ0v) is 12.8. The van der Waals surface area contributed by atoms with E-state index in [1.54, 1.807) is 0 Å². The Morgan fingerprint density at radius 3 is 2.57 bits per heavy atom. The highest BCUT2D eigenvalue weighted by Gasteiger charge is 2.26. The molecule has 21 heavy (non-hydrogen) atoms. The molecule has 0 N–H and O–H groups in total. The van der Waals surface area contributed by atoms with Crippen molar-refractivity contribution in [3.63, 3.8) is 0 Å². The standard InChI is InChI=1S/C15H19ClN2O3/c1-2-17(11-6-4-3-5-7-11)15(19)13-9-8-12(18(20)21)10-14(13)16/h8-11H,2-7H2,1H3. The molecule has 0 radical (unpaired) electrons. The monoisotopic (exact) mass is 310 g/mol. The fraction of sp³-hybridized carbons (Fsp3) is 0.533. The number of hydrogen-bond donors (Lipinski definition) is 0. The Kier molecular flexibility index (Phi) is 5.17. The van der Waals surface area contributed by atoms with Crippen molar-refractivity contribution in [2.75, 3.05) is 6.54 Å². The molecule has 1 aliphatic carbocycles. The number of amides is 1. The Morgan fingerprint density at radius 2 is 2.05 bits per heavy atom. The number of benzene rings is 1. The van der Waals surface area contributed by atoms with Gasteiger partial charge in [-0.15, -0.1) is 0 Å². The first kappa shape index (κ1) is 15.8. The van der Waals surface area contributed by atoms with Crippen molar-refractivity contribution in [3.05, 3.63) is 38.9 Å². The number of nitro groups is 1. The SMILES string of the molecule is CCN(C(=O)c1ccc([N+](=O)[O-])cc1Cl)C1CCCCC1. The highest BCUT2D eigenvalue weighted by atomic mass is 35.5. The van der Waals surface area contributed by atoms with Crippen LogP contribution in [-0.2, 0) is 0 Å². The van der Waals surface area contributed by atoms with Gasteiger partial charge in [-0.05, 0) is 25.8 Å². The van der Waals surface area contributed by atoms with Crippen LogP contribution < -0.4 is 0 Å². The fourth-order valence-corrected chi connectivity index (χ4v) is 3.16. The Morgan fingerprint density at radius 1 is 1.38 bits per heavy atom. The number of nitrogens with zero attached hydrogens (tertiary/aromatic N) is 2. The third-order valence-corrected chi connectivity index (χ3v) is 4.32. The highest BCUT2D eigenvalue weighted by Crippen LogP contribution is 2.27. The van der Waals surface area contributed by atoms with Gasteiger partial charge < -0.3 is 4.90 Å². The van der Waals surface area contributed by atoms with E-state index in [4.69, 9.17) is 11.6 Å². The van der Waals surface area contributed by atoms with Crippen LogP contribution in [0.3, 0.4) is 0 Å². The average Bonchev–Trinajstić information content (AvgIpc) is 2.48. The molecule has 1 saturated carbocycles. The van der Waals surface area contributed by atoms with E-state index < -0.39 is 4.92 Å². The third kappa shape index (κ3) is 3.53. The fourth-order valence-electron chi connectivity index (χ4n) is 2.91. The molecule has 1 aromatic carbocycles. The largest absolute Gasteiger partial charge is 0.336 e. The molecule has 6 heteroatoms. The van der Waals surface area contributed by atoms with Gasteiger partial charge in [0.1, 0.15) is 0 Å². The van der Waals surface area contributed by atoms with Crippen molar-refractivity contribution < 1.29 is 9.72 Å². The summed E-state index contributed by atoms with van der Waals surface area (Å²) in [6.07, 6.45) is 5.54. The summed E-state index contributed by atoms with van der Waals surface area (Å²) in [6.45, 7) is 2.57. The minimum Gasteiger partial charge on any atom is -0.336 e. The average molecular weight is 311 g/mol. The lowest BCUT2D eigenvalue weighted by Gasteiger charge is -2.33. The van der Waals surface area contributed by atoms with Crippen molar-refractivity contribution in [1.29, 1.82) is 0 Å². The summed E-state index contributed by atoms with van der Waals surface area (Å²) in [6, 6.07) is 4.27. The number of rotatable bonds is 4. The van der Waals surface area contributed by atoms with Crippen molar-refractivity contribution in [3.8, 4) is 0 Å². The minimum absolute atomic E-state index is 0.0998. The van der Waals surface area contributed by atoms with Crippen molar-refractivity contribution in [2.45, 2.75) is 45.1 Å². The van der Waals surface area contributed by atoms with Gasteiger partial charge in [-0.3, -0.25) is 14.9 Å². The van der Waals surface area contributed by atoms with E-state index in [2.05, 4.69) is 0 Å². The topological polar surface area (TPSA) is 63.5 Å². The molecule has 1 fully saturated rings. The summed E-state index contributed by atoms with van der Waals surface area (Å²) in [4.78, 5) is 24.7. The van der Waals surface area contributed by atoms with Gasteiger partial charge >= 0.3 is 0 Å². The second-order valence-electron chi connectivity index (χ2n) is 5.30. The molecule has 1 aliphatic rings. The van der Waals surface area contributed by atoms with Gasteiger partial charge in [0.05, 0.1) is 15.5 Å². The van der Waals surface area contributed by atoms with Gasteiger partial charge in [0, 0.05) is 24.7 Å². The van der Waals surface area contributed by atoms with Gasteiger partial charge in [-0.1, -0.05) is 30.9 Å². The first-order valence-corrected chi connectivity index (χ1v) is 7.67. The Bertz CT molecular complexity index is 542. The number of nitro benzene ring substituents is 1. The van der Waals surface area contributed by atoms with Crippen molar-refractivity contribution >= 4 is 23.2 Å².